The van der Waals surface area contributed by atoms with E-state index in [2.05, 4.69) is 44.7 Å². The summed E-state index contributed by atoms with van der Waals surface area (Å²) < 4.78 is 5.40. The molecule has 1 aliphatic rings. The van der Waals surface area contributed by atoms with Crippen LogP contribution >= 0.6 is 24.0 Å². The predicted octanol–water partition coefficient (Wildman–Crippen LogP) is 2.43. The average Bonchev–Trinajstić information content (AvgIpc) is 3.21. The van der Waals surface area contributed by atoms with Crippen LogP contribution in [-0.4, -0.2) is 61.7 Å². The third-order valence-corrected chi connectivity index (χ3v) is 5.42. The number of nitrogens with zero attached hydrogens (tertiary/aromatic N) is 4. The molecule has 1 aromatic heterocycles. The number of hydrogen-bond acceptors (Lipinski definition) is 5. The number of hydrogen-bond donors (Lipinski definition) is 2. The number of anilines is 1. The zero-order chi connectivity index (χ0) is 21.3. The highest BCUT2D eigenvalue weighted by Crippen LogP contribution is 2.16. The highest BCUT2D eigenvalue weighted by Gasteiger charge is 2.21. The zero-order valence-corrected chi connectivity index (χ0v) is 20.9. The minimum Gasteiger partial charge on any atom is -0.368 e. The minimum atomic E-state index is 0. The molecule has 2 N–H and O–H groups in total. The lowest BCUT2D eigenvalue weighted by Crippen LogP contribution is -2.52. The van der Waals surface area contributed by atoms with E-state index >= 15 is 0 Å². The first-order chi connectivity index (χ1) is 14.7. The lowest BCUT2D eigenvalue weighted by molar-refractivity contribution is -0.130. The van der Waals surface area contributed by atoms with Crippen molar-refractivity contribution in [1.82, 2.24) is 20.7 Å². The molecule has 1 aliphatic heterocycles. The van der Waals surface area contributed by atoms with Crippen molar-refractivity contribution in [3.63, 3.8) is 0 Å². The van der Waals surface area contributed by atoms with Gasteiger partial charge >= 0.3 is 0 Å². The number of halogens is 1. The Morgan fingerprint density at radius 2 is 1.81 bits per heavy atom. The van der Waals surface area contributed by atoms with Crippen LogP contribution in [0.25, 0.3) is 0 Å². The number of aliphatic imine (C=N–C) groups is 1. The number of nitrogens with one attached hydrogen (secondary N) is 2. The van der Waals surface area contributed by atoms with Crippen LogP contribution in [0, 0.1) is 0 Å². The summed E-state index contributed by atoms with van der Waals surface area (Å²) in [6.07, 6.45) is 1.61. The van der Waals surface area contributed by atoms with Gasteiger partial charge in [-0.25, -0.2) is 0 Å². The number of carbonyl (C=O) groups excluding carboxylic acids is 1. The molecule has 0 unspecified atom stereocenters. The lowest BCUT2D eigenvalue weighted by Gasteiger charge is -2.36. The molecule has 0 radical (unpaired) electrons. The lowest BCUT2D eigenvalue weighted by atomic mass is 10.1. The summed E-state index contributed by atoms with van der Waals surface area (Å²) >= 11 is 0. The van der Waals surface area contributed by atoms with Gasteiger partial charge < -0.3 is 25.0 Å². The third kappa shape index (κ3) is 6.59. The largest absolute Gasteiger partial charge is 0.368 e. The molecule has 0 bridgehead atoms. The van der Waals surface area contributed by atoms with E-state index in [9.17, 15) is 4.79 Å². The van der Waals surface area contributed by atoms with Crippen LogP contribution < -0.4 is 15.5 Å². The maximum Gasteiger partial charge on any atom is 0.242 e. The molecular weight excluding hydrogens is 507 g/mol. The highest BCUT2D eigenvalue weighted by molar-refractivity contribution is 14.0. The molecule has 0 aliphatic carbocycles. The molecule has 31 heavy (non-hydrogen) atoms. The Hall–Kier alpha value is -2.30. The first-order valence-corrected chi connectivity index (χ1v) is 10.6. The van der Waals surface area contributed by atoms with E-state index in [4.69, 9.17) is 4.52 Å². The number of rotatable bonds is 7. The highest BCUT2D eigenvalue weighted by atomic mass is 127. The van der Waals surface area contributed by atoms with Gasteiger partial charge in [0.15, 0.2) is 5.96 Å². The van der Waals surface area contributed by atoms with Gasteiger partial charge in [0.2, 0.25) is 5.91 Å². The van der Waals surface area contributed by atoms with E-state index < -0.39 is 0 Å². The van der Waals surface area contributed by atoms with E-state index in [0.717, 1.165) is 56.0 Å². The fourth-order valence-electron chi connectivity index (χ4n) is 3.65. The van der Waals surface area contributed by atoms with Crippen molar-refractivity contribution in [1.29, 1.82) is 0 Å². The molecule has 1 saturated heterocycles. The van der Waals surface area contributed by atoms with Gasteiger partial charge in [0.05, 0.1) is 12.2 Å². The number of piperazine rings is 1. The molecule has 1 amide bonds. The molecule has 1 fully saturated rings. The van der Waals surface area contributed by atoms with Gasteiger partial charge in [-0.3, -0.25) is 9.79 Å². The molecule has 1 aromatic carbocycles. The third-order valence-electron chi connectivity index (χ3n) is 5.42. The maximum absolute atomic E-state index is 12.6. The summed E-state index contributed by atoms with van der Waals surface area (Å²) in [4.78, 5) is 21.1. The standard InChI is InChI=1S/C22H32N6O2.HI/c1-4-19-18(20(5-2)30-26-19)15-24-22(23-3)25-16-21(29)28-13-11-27(12-14-28)17-9-7-6-8-10-17;/h6-10H,4-5,11-16H2,1-3H3,(H2,23,24,25);1H. The second-order valence-electron chi connectivity index (χ2n) is 7.22. The Labute approximate surface area is 201 Å². The van der Waals surface area contributed by atoms with Gasteiger partial charge in [0, 0.05) is 57.4 Å². The number of para-hydroxylation sites is 1. The molecule has 0 spiro atoms. The number of guanidine groups is 1. The van der Waals surface area contributed by atoms with Crippen molar-refractivity contribution in [3.8, 4) is 0 Å². The van der Waals surface area contributed by atoms with Gasteiger partial charge in [-0.15, -0.1) is 24.0 Å². The minimum absolute atomic E-state index is 0. The molecule has 8 nitrogen and oxygen atoms in total. The van der Waals surface area contributed by atoms with Gasteiger partial charge in [-0.05, 0) is 18.6 Å². The van der Waals surface area contributed by atoms with Gasteiger partial charge in [-0.1, -0.05) is 37.2 Å². The molecule has 0 atom stereocenters. The fraction of sp³-hybridized carbons (Fsp3) is 0.500. The Morgan fingerprint density at radius 3 is 2.42 bits per heavy atom. The normalized spacial score (nSPS) is 14.2. The summed E-state index contributed by atoms with van der Waals surface area (Å²) in [6, 6.07) is 10.3. The van der Waals surface area contributed by atoms with Crippen LogP contribution in [0.1, 0.15) is 30.9 Å². The van der Waals surface area contributed by atoms with Crippen molar-refractivity contribution in [2.24, 2.45) is 4.99 Å². The van der Waals surface area contributed by atoms with Crippen molar-refractivity contribution in [2.75, 3.05) is 44.7 Å². The fourth-order valence-corrected chi connectivity index (χ4v) is 3.65. The van der Waals surface area contributed by atoms with Crippen molar-refractivity contribution < 1.29 is 9.32 Å². The number of amides is 1. The van der Waals surface area contributed by atoms with Gasteiger partial charge in [0.25, 0.3) is 0 Å². The summed E-state index contributed by atoms with van der Waals surface area (Å²) in [5, 5.41) is 10.5. The van der Waals surface area contributed by atoms with E-state index in [1.54, 1.807) is 7.05 Å². The van der Waals surface area contributed by atoms with Gasteiger partial charge in [-0.2, -0.15) is 0 Å². The van der Waals surface area contributed by atoms with E-state index in [1.807, 2.05) is 30.0 Å². The monoisotopic (exact) mass is 540 g/mol. The van der Waals surface area contributed by atoms with Crippen LogP contribution in [0.3, 0.4) is 0 Å². The zero-order valence-electron chi connectivity index (χ0n) is 18.6. The summed E-state index contributed by atoms with van der Waals surface area (Å²) in [5.74, 6) is 1.57. The van der Waals surface area contributed by atoms with Crippen molar-refractivity contribution in [2.45, 2.75) is 33.2 Å². The van der Waals surface area contributed by atoms with Crippen LogP contribution in [0.2, 0.25) is 0 Å². The molecule has 170 valence electrons. The molecular formula is C22H33IN6O2. The Morgan fingerprint density at radius 1 is 1.10 bits per heavy atom. The van der Waals surface area contributed by atoms with Crippen LogP contribution in [-0.2, 0) is 24.2 Å². The van der Waals surface area contributed by atoms with Crippen molar-refractivity contribution in [3.05, 3.63) is 47.3 Å². The van der Waals surface area contributed by atoms with Crippen molar-refractivity contribution >= 4 is 41.5 Å². The molecule has 9 heteroatoms. The Bertz CT molecular complexity index is 825. The number of benzene rings is 1. The van der Waals surface area contributed by atoms with Crippen LogP contribution in [0.5, 0.6) is 0 Å². The maximum atomic E-state index is 12.6. The first kappa shape index (κ1) is 25.0. The molecule has 2 aromatic rings. The Balaban J connectivity index is 0.00000341. The average molecular weight is 540 g/mol. The van der Waals surface area contributed by atoms with E-state index in [1.165, 1.54) is 5.69 Å². The van der Waals surface area contributed by atoms with E-state index in [0.29, 0.717) is 12.5 Å². The van der Waals surface area contributed by atoms with Crippen LogP contribution in [0.15, 0.2) is 39.8 Å². The number of aryl methyl sites for hydroxylation is 2. The summed E-state index contributed by atoms with van der Waals surface area (Å²) in [6.45, 7) is 8.03. The van der Waals surface area contributed by atoms with Gasteiger partial charge in [0.1, 0.15) is 5.76 Å². The second kappa shape index (κ2) is 12.5. The summed E-state index contributed by atoms with van der Waals surface area (Å²) in [5.41, 5.74) is 3.24. The Kier molecular flexibility index (Phi) is 10.1. The topological polar surface area (TPSA) is 86.0 Å². The predicted molar refractivity (Wildman–Crippen MR) is 134 cm³/mol. The van der Waals surface area contributed by atoms with Crippen LogP contribution in [0.4, 0.5) is 5.69 Å². The summed E-state index contributed by atoms with van der Waals surface area (Å²) in [7, 11) is 1.70. The van der Waals surface area contributed by atoms with E-state index in [-0.39, 0.29) is 36.4 Å². The molecule has 2 heterocycles. The number of aromatic nitrogens is 1. The second-order valence-corrected chi connectivity index (χ2v) is 7.22. The molecule has 3 rings (SSSR count). The quantitative estimate of drug-likeness (QED) is 0.319. The smallest absolute Gasteiger partial charge is 0.242 e. The SMILES string of the molecule is CCc1noc(CC)c1CNC(=NC)NCC(=O)N1CCN(c2ccccc2)CC1.I. The first-order valence-electron chi connectivity index (χ1n) is 10.6. The molecule has 0 saturated carbocycles. The number of carbonyl (C=O) groups is 1.